The second-order valence-corrected chi connectivity index (χ2v) is 6.28. The van der Waals surface area contributed by atoms with Crippen molar-refractivity contribution in [2.45, 2.75) is 58.3 Å². The minimum atomic E-state index is 0.267. The summed E-state index contributed by atoms with van der Waals surface area (Å²) in [6, 6.07) is 0. The Hall–Kier alpha value is -0.570. The first kappa shape index (κ1) is 13.9. The smallest absolute Gasteiger partial charge is 0.220 e. The van der Waals surface area contributed by atoms with Crippen LogP contribution in [-0.2, 0) is 4.79 Å². The summed E-state index contributed by atoms with van der Waals surface area (Å²) in [7, 11) is 0. The normalized spacial score (nSPS) is 25.7. The first-order valence-corrected chi connectivity index (χ1v) is 7.71. The molecule has 0 aromatic heterocycles. The summed E-state index contributed by atoms with van der Waals surface area (Å²) in [5.41, 5.74) is 0.483. The molecule has 0 aromatic carbocycles. The van der Waals surface area contributed by atoms with E-state index in [9.17, 15) is 4.79 Å². The van der Waals surface area contributed by atoms with Crippen molar-refractivity contribution in [2.75, 3.05) is 19.6 Å². The van der Waals surface area contributed by atoms with Crippen molar-refractivity contribution in [3.05, 3.63) is 0 Å². The van der Waals surface area contributed by atoms with E-state index in [1.807, 2.05) is 0 Å². The molecule has 0 bridgehead atoms. The maximum Gasteiger partial charge on any atom is 0.220 e. The second-order valence-electron chi connectivity index (χ2n) is 6.28. The summed E-state index contributed by atoms with van der Waals surface area (Å²) in [5.74, 6) is 0.984. The van der Waals surface area contributed by atoms with Crippen molar-refractivity contribution in [2.24, 2.45) is 11.3 Å². The van der Waals surface area contributed by atoms with Gasteiger partial charge in [-0.25, -0.2) is 0 Å². The summed E-state index contributed by atoms with van der Waals surface area (Å²) in [4.78, 5) is 11.8. The fraction of sp³-hybridized carbons (Fsp3) is 0.933. The van der Waals surface area contributed by atoms with Gasteiger partial charge in [0.15, 0.2) is 0 Å². The largest absolute Gasteiger partial charge is 0.356 e. The molecule has 18 heavy (non-hydrogen) atoms. The monoisotopic (exact) mass is 252 g/mol. The molecule has 0 radical (unpaired) electrons. The van der Waals surface area contributed by atoms with Crippen molar-refractivity contribution >= 4 is 5.91 Å². The molecule has 1 unspecified atom stereocenters. The molecule has 104 valence electrons. The van der Waals surface area contributed by atoms with Crippen LogP contribution in [0, 0.1) is 11.3 Å². The van der Waals surface area contributed by atoms with Gasteiger partial charge in [0.2, 0.25) is 5.91 Å². The van der Waals surface area contributed by atoms with E-state index in [-0.39, 0.29) is 5.91 Å². The first-order valence-electron chi connectivity index (χ1n) is 7.71. The number of rotatable bonds is 7. The molecule has 2 aliphatic rings. The molecule has 1 amide bonds. The van der Waals surface area contributed by atoms with Crippen molar-refractivity contribution in [1.82, 2.24) is 10.6 Å². The van der Waals surface area contributed by atoms with Gasteiger partial charge in [-0.15, -0.1) is 0 Å². The van der Waals surface area contributed by atoms with Gasteiger partial charge in [-0.1, -0.05) is 13.3 Å². The Morgan fingerprint density at radius 2 is 2.28 bits per heavy atom. The predicted molar refractivity (Wildman–Crippen MR) is 74.4 cm³/mol. The van der Waals surface area contributed by atoms with E-state index in [0.717, 1.165) is 32.0 Å². The minimum absolute atomic E-state index is 0.267. The van der Waals surface area contributed by atoms with E-state index in [1.165, 1.54) is 38.5 Å². The van der Waals surface area contributed by atoms with E-state index in [1.54, 1.807) is 0 Å². The lowest BCUT2D eigenvalue weighted by Gasteiger charge is -2.22. The summed E-state index contributed by atoms with van der Waals surface area (Å²) >= 11 is 0. The van der Waals surface area contributed by atoms with Crippen LogP contribution in [0.5, 0.6) is 0 Å². The van der Waals surface area contributed by atoms with Crippen LogP contribution in [0.4, 0.5) is 0 Å². The third kappa shape index (κ3) is 4.27. The molecule has 2 fully saturated rings. The molecular formula is C15H28N2O. The van der Waals surface area contributed by atoms with Gasteiger partial charge in [0.25, 0.3) is 0 Å². The molecule has 1 saturated heterocycles. The average molecular weight is 252 g/mol. The lowest BCUT2D eigenvalue weighted by molar-refractivity contribution is -0.121. The highest BCUT2D eigenvalue weighted by molar-refractivity contribution is 5.75. The Balaban J connectivity index is 1.57. The topological polar surface area (TPSA) is 41.1 Å². The average Bonchev–Trinajstić information content (AvgIpc) is 3.16. The van der Waals surface area contributed by atoms with Gasteiger partial charge >= 0.3 is 0 Å². The van der Waals surface area contributed by atoms with E-state index in [2.05, 4.69) is 17.6 Å². The van der Waals surface area contributed by atoms with Gasteiger partial charge in [-0.05, 0) is 62.9 Å². The van der Waals surface area contributed by atoms with Gasteiger partial charge < -0.3 is 10.6 Å². The fourth-order valence-electron chi connectivity index (χ4n) is 3.10. The number of amides is 1. The first-order chi connectivity index (χ1) is 8.74. The third-order valence-corrected chi connectivity index (χ3v) is 4.58. The minimum Gasteiger partial charge on any atom is -0.356 e. The van der Waals surface area contributed by atoms with E-state index in [0.29, 0.717) is 11.8 Å². The SMILES string of the molecule is CCCC1(CNC(=O)CCC2CCCNC2)CC1. The molecule has 1 aliphatic carbocycles. The lowest BCUT2D eigenvalue weighted by atomic mass is 9.94. The van der Waals surface area contributed by atoms with Crippen molar-refractivity contribution in [3.63, 3.8) is 0 Å². The summed E-state index contributed by atoms with van der Waals surface area (Å²) < 4.78 is 0. The van der Waals surface area contributed by atoms with Crippen LogP contribution < -0.4 is 10.6 Å². The molecule has 3 nitrogen and oxygen atoms in total. The quantitative estimate of drug-likeness (QED) is 0.731. The lowest BCUT2D eigenvalue weighted by Crippen LogP contribution is -2.33. The van der Waals surface area contributed by atoms with Crippen molar-refractivity contribution in [1.29, 1.82) is 0 Å². The highest BCUT2D eigenvalue weighted by Gasteiger charge is 2.41. The Morgan fingerprint density at radius 3 is 2.89 bits per heavy atom. The maximum absolute atomic E-state index is 11.8. The number of carbonyl (C=O) groups excluding carboxylic acids is 1. The predicted octanol–water partition coefficient (Wildman–Crippen LogP) is 2.46. The summed E-state index contributed by atoms with van der Waals surface area (Å²) in [5, 5.41) is 6.56. The highest BCUT2D eigenvalue weighted by atomic mass is 16.1. The molecule has 0 aromatic rings. The summed E-state index contributed by atoms with van der Waals surface area (Å²) in [6.07, 6.45) is 9.48. The van der Waals surface area contributed by atoms with Crippen LogP contribution in [0.3, 0.4) is 0 Å². The zero-order valence-electron chi connectivity index (χ0n) is 11.8. The Labute approximate surface area is 111 Å². The molecule has 2 rings (SSSR count). The van der Waals surface area contributed by atoms with E-state index < -0.39 is 0 Å². The molecule has 1 aliphatic heterocycles. The number of carbonyl (C=O) groups is 1. The summed E-state index contributed by atoms with van der Waals surface area (Å²) in [6.45, 7) is 5.41. The number of hydrogen-bond acceptors (Lipinski definition) is 2. The standard InChI is InChI=1S/C15H28N2O/c1-2-7-15(8-9-15)12-17-14(18)6-5-13-4-3-10-16-11-13/h13,16H,2-12H2,1H3,(H,17,18). The molecular weight excluding hydrogens is 224 g/mol. The van der Waals surface area contributed by atoms with Crippen LogP contribution in [0.25, 0.3) is 0 Å². The molecule has 2 N–H and O–H groups in total. The van der Waals surface area contributed by atoms with Crippen LogP contribution in [-0.4, -0.2) is 25.5 Å². The molecule has 0 spiro atoms. The van der Waals surface area contributed by atoms with Crippen LogP contribution >= 0.6 is 0 Å². The molecule has 1 heterocycles. The van der Waals surface area contributed by atoms with Gasteiger partial charge in [0.05, 0.1) is 0 Å². The molecule has 3 heteroatoms. The van der Waals surface area contributed by atoms with Crippen molar-refractivity contribution in [3.8, 4) is 0 Å². The zero-order valence-corrected chi connectivity index (χ0v) is 11.8. The Bertz CT molecular complexity index is 268. The van der Waals surface area contributed by atoms with E-state index in [4.69, 9.17) is 0 Å². The molecule has 1 saturated carbocycles. The second kappa shape index (κ2) is 6.55. The Morgan fingerprint density at radius 1 is 1.44 bits per heavy atom. The van der Waals surface area contributed by atoms with Crippen LogP contribution in [0.15, 0.2) is 0 Å². The fourth-order valence-corrected chi connectivity index (χ4v) is 3.10. The third-order valence-electron chi connectivity index (χ3n) is 4.58. The van der Waals surface area contributed by atoms with Crippen molar-refractivity contribution < 1.29 is 4.79 Å². The van der Waals surface area contributed by atoms with Gasteiger partial charge in [0.1, 0.15) is 0 Å². The van der Waals surface area contributed by atoms with Gasteiger partial charge in [-0.3, -0.25) is 4.79 Å². The van der Waals surface area contributed by atoms with Gasteiger partial charge in [0, 0.05) is 13.0 Å². The highest BCUT2D eigenvalue weighted by Crippen LogP contribution is 2.48. The maximum atomic E-state index is 11.8. The van der Waals surface area contributed by atoms with E-state index >= 15 is 0 Å². The number of hydrogen-bond donors (Lipinski definition) is 2. The Kier molecular flexibility index (Phi) is 5.04. The number of piperidine rings is 1. The zero-order chi connectivity index (χ0) is 12.8. The van der Waals surface area contributed by atoms with Crippen LogP contribution in [0.2, 0.25) is 0 Å². The number of nitrogens with one attached hydrogen (secondary N) is 2. The van der Waals surface area contributed by atoms with Gasteiger partial charge in [-0.2, -0.15) is 0 Å². The van der Waals surface area contributed by atoms with Crippen LogP contribution in [0.1, 0.15) is 58.3 Å². The molecule has 1 atom stereocenters.